The summed E-state index contributed by atoms with van der Waals surface area (Å²) in [5, 5.41) is 13.4. The van der Waals surface area contributed by atoms with Crippen molar-refractivity contribution in [2.24, 2.45) is 0 Å². The van der Waals surface area contributed by atoms with Crippen molar-refractivity contribution in [1.82, 2.24) is 25.0 Å². The molecule has 0 aliphatic carbocycles. The van der Waals surface area contributed by atoms with Gasteiger partial charge in [0.2, 0.25) is 0 Å². The molecule has 1 saturated heterocycles. The van der Waals surface area contributed by atoms with E-state index in [1.165, 1.54) is 11.1 Å². The van der Waals surface area contributed by atoms with Gasteiger partial charge in [-0.05, 0) is 35.7 Å². The van der Waals surface area contributed by atoms with Crippen molar-refractivity contribution in [3.63, 3.8) is 0 Å². The number of likely N-dealkylation sites (N-methyl/N-ethyl adjacent to an activating group) is 1. The second kappa shape index (κ2) is 6.78. The van der Waals surface area contributed by atoms with Crippen LogP contribution in [-0.4, -0.2) is 45.1 Å². The van der Waals surface area contributed by atoms with Crippen molar-refractivity contribution in [3.8, 4) is 5.69 Å². The third-order valence-corrected chi connectivity index (χ3v) is 4.75. The Hall–Kier alpha value is -2.50. The lowest BCUT2D eigenvalue weighted by molar-refractivity contribution is -0.0964. The van der Waals surface area contributed by atoms with Crippen LogP contribution in [0, 0.1) is 0 Å². The van der Waals surface area contributed by atoms with Crippen LogP contribution >= 0.6 is 0 Å². The fraction of sp³-hybridized carbons (Fsp3) is 0.300. The first-order valence-electron chi connectivity index (χ1n) is 8.82. The molecule has 1 aromatic heterocycles. The first-order chi connectivity index (χ1) is 12.3. The highest BCUT2D eigenvalue weighted by Gasteiger charge is 2.22. The molecule has 1 fully saturated rings. The molecule has 4 rings (SSSR count). The molecule has 1 aliphatic heterocycles. The van der Waals surface area contributed by atoms with Crippen LogP contribution in [0.4, 0.5) is 0 Å². The van der Waals surface area contributed by atoms with Crippen LogP contribution in [0.1, 0.15) is 24.5 Å². The molecule has 25 heavy (non-hydrogen) atoms. The van der Waals surface area contributed by atoms with Gasteiger partial charge in [-0.15, -0.1) is 5.10 Å². The van der Waals surface area contributed by atoms with Crippen molar-refractivity contribution < 1.29 is 0 Å². The van der Waals surface area contributed by atoms with Gasteiger partial charge in [0.15, 0.2) is 0 Å². The Morgan fingerprint density at radius 1 is 1.12 bits per heavy atom. The van der Waals surface area contributed by atoms with Crippen LogP contribution in [0.15, 0.2) is 48.5 Å². The van der Waals surface area contributed by atoms with Gasteiger partial charge in [-0.25, -0.2) is 14.7 Å². The predicted octanol–water partition coefficient (Wildman–Crippen LogP) is 3.51. The average Bonchev–Trinajstić information content (AvgIpc) is 3.07. The average molecular weight is 333 g/mol. The number of hydrazine groups is 1. The van der Waals surface area contributed by atoms with Gasteiger partial charge in [0.25, 0.3) is 0 Å². The van der Waals surface area contributed by atoms with Crippen molar-refractivity contribution in [2.75, 3.05) is 20.1 Å². The Morgan fingerprint density at radius 3 is 2.76 bits per heavy atom. The van der Waals surface area contributed by atoms with Crippen molar-refractivity contribution in [2.45, 2.75) is 19.9 Å². The van der Waals surface area contributed by atoms with E-state index in [0.717, 1.165) is 42.8 Å². The van der Waals surface area contributed by atoms with E-state index < -0.39 is 0 Å². The van der Waals surface area contributed by atoms with E-state index in [-0.39, 0.29) is 0 Å². The summed E-state index contributed by atoms with van der Waals surface area (Å²) >= 11 is 0. The zero-order chi connectivity index (χ0) is 17.2. The Bertz CT molecular complexity index is 911. The fourth-order valence-corrected chi connectivity index (χ4v) is 3.15. The second-order valence-electron chi connectivity index (χ2n) is 6.46. The standard InChI is InChI=1S/C20H23N5/c1-3-4-7-16-10-11-17(15-24-13-12-23(24)2)20(14-16)25-19-9-6-5-8-18(19)21-22-25/h4-11,14H,3,12-13,15H2,1-2H3/b7-4+. The summed E-state index contributed by atoms with van der Waals surface area (Å²) in [7, 11) is 2.13. The first kappa shape index (κ1) is 16.0. The molecule has 1 aliphatic rings. The molecule has 0 bridgehead atoms. The second-order valence-corrected chi connectivity index (χ2v) is 6.46. The number of fused-ring (bicyclic) bond motifs is 1. The molecule has 0 unspecified atom stereocenters. The maximum absolute atomic E-state index is 4.43. The normalized spacial score (nSPS) is 15.9. The molecule has 2 aromatic carbocycles. The third kappa shape index (κ3) is 3.08. The molecule has 0 spiro atoms. The molecule has 3 aromatic rings. The van der Waals surface area contributed by atoms with Crippen molar-refractivity contribution in [1.29, 1.82) is 0 Å². The minimum atomic E-state index is 0.887. The van der Waals surface area contributed by atoms with Gasteiger partial charge in [0.1, 0.15) is 5.52 Å². The Morgan fingerprint density at radius 2 is 2.00 bits per heavy atom. The largest absolute Gasteiger partial charge is 0.243 e. The summed E-state index contributed by atoms with van der Waals surface area (Å²) in [6, 6.07) is 14.7. The summed E-state index contributed by atoms with van der Waals surface area (Å²) in [5.74, 6) is 0. The van der Waals surface area contributed by atoms with Crippen LogP contribution in [-0.2, 0) is 6.54 Å². The van der Waals surface area contributed by atoms with E-state index in [4.69, 9.17) is 0 Å². The predicted molar refractivity (Wildman–Crippen MR) is 101 cm³/mol. The maximum atomic E-state index is 4.43. The number of benzene rings is 2. The lowest BCUT2D eigenvalue weighted by atomic mass is 10.1. The number of rotatable bonds is 5. The van der Waals surface area contributed by atoms with Gasteiger partial charge in [-0.3, -0.25) is 0 Å². The Kier molecular flexibility index (Phi) is 4.34. The minimum absolute atomic E-state index is 0.887. The lowest BCUT2D eigenvalue weighted by Gasteiger charge is -2.41. The number of aromatic nitrogens is 3. The van der Waals surface area contributed by atoms with Crippen LogP contribution in [0.3, 0.4) is 0 Å². The van der Waals surface area contributed by atoms with E-state index >= 15 is 0 Å². The zero-order valence-electron chi connectivity index (χ0n) is 14.8. The van der Waals surface area contributed by atoms with E-state index in [2.05, 4.69) is 70.7 Å². The molecule has 0 amide bonds. The maximum Gasteiger partial charge on any atom is 0.113 e. The van der Waals surface area contributed by atoms with Crippen molar-refractivity contribution in [3.05, 3.63) is 59.7 Å². The van der Waals surface area contributed by atoms with Gasteiger partial charge in [0.05, 0.1) is 11.2 Å². The van der Waals surface area contributed by atoms with E-state index in [1.54, 1.807) is 0 Å². The van der Waals surface area contributed by atoms with Gasteiger partial charge in [0, 0.05) is 26.7 Å². The number of allylic oxidation sites excluding steroid dienone is 1. The molecule has 5 heteroatoms. The third-order valence-electron chi connectivity index (χ3n) is 4.75. The summed E-state index contributed by atoms with van der Waals surface area (Å²) < 4.78 is 1.97. The highest BCUT2D eigenvalue weighted by atomic mass is 15.7. The molecule has 0 atom stereocenters. The minimum Gasteiger partial charge on any atom is -0.243 e. The van der Waals surface area contributed by atoms with Crippen LogP contribution in [0.5, 0.6) is 0 Å². The molecule has 128 valence electrons. The highest BCUT2D eigenvalue weighted by molar-refractivity contribution is 5.76. The number of nitrogens with zero attached hydrogens (tertiary/aromatic N) is 5. The smallest absolute Gasteiger partial charge is 0.113 e. The van der Waals surface area contributed by atoms with Gasteiger partial charge in [-0.2, -0.15) is 0 Å². The van der Waals surface area contributed by atoms with Gasteiger partial charge < -0.3 is 0 Å². The van der Waals surface area contributed by atoms with E-state index in [0.29, 0.717) is 0 Å². The summed E-state index contributed by atoms with van der Waals surface area (Å²) in [4.78, 5) is 0. The molecular formula is C20H23N5. The fourth-order valence-electron chi connectivity index (χ4n) is 3.15. The topological polar surface area (TPSA) is 37.2 Å². The van der Waals surface area contributed by atoms with Crippen LogP contribution < -0.4 is 0 Å². The number of hydrogen-bond donors (Lipinski definition) is 0. The SMILES string of the molecule is CC/C=C/c1ccc(CN2CCN2C)c(-n2nnc3ccccc32)c1. The Balaban J connectivity index is 1.80. The zero-order valence-corrected chi connectivity index (χ0v) is 14.8. The monoisotopic (exact) mass is 333 g/mol. The molecular weight excluding hydrogens is 310 g/mol. The summed E-state index contributed by atoms with van der Waals surface area (Å²) in [5.41, 5.74) is 5.52. The summed E-state index contributed by atoms with van der Waals surface area (Å²) in [6.07, 6.45) is 5.38. The van der Waals surface area contributed by atoms with Crippen LogP contribution in [0.2, 0.25) is 0 Å². The number of para-hydroxylation sites is 1. The Labute approximate surface area is 148 Å². The quantitative estimate of drug-likeness (QED) is 0.716. The molecule has 0 radical (unpaired) electrons. The van der Waals surface area contributed by atoms with Gasteiger partial charge in [-0.1, -0.05) is 48.6 Å². The molecule has 2 heterocycles. The molecule has 0 N–H and O–H groups in total. The molecule has 0 saturated carbocycles. The molecule has 5 nitrogen and oxygen atoms in total. The highest BCUT2D eigenvalue weighted by Crippen LogP contribution is 2.24. The van der Waals surface area contributed by atoms with Crippen molar-refractivity contribution >= 4 is 17.1 Å². The first-order valence-corrected chi connectivity index (χ1v) is 8.82. The van der Waals surface area contributed by atoms with E-state index in [9.17, 15) is 0 Å². The lowest BCUT2D eigenvalue weighted by Crippen LogP contribution is -2.53. The van der Waals surface area contributed by atoms with E-state index in [1.807, 2.05) is 22.9 Å². The van der Waals surface area contributed by atoms with Gasteiger partial charge >= 0.3 is 0 Å². The summed E-state index contributed by atoms with van der Waals surface area (Å²) in [6.45, 7) is 5.26. The number of hydrogen-bond acceptors (Lipinski definition) is 4. The van der Waals surface area contributed by atoms with Crippen LogP contribution in [0.25, 0.3) is 22.8 Å².